The maximum atomic E-state index is 6.68. The number of nitrogens with zero attached hydrogens (tertiary/aromatic N) is 3. The lowest BCUT2D eigenvalue weighted by atomic mass is 9.93. The Hall–Kier alpha value is -6.56. The summed E-state index contributed by atoms with van der Waals surface area (Å²) in [6, 6.07) is 50.2. The standard InChI is InChI=1S/C45H24ClN3O2/c46-45-48-43(27-16-19-32-30-10-2-1-8-28(30)29-9-3-4-11-31(29)35(32)24-27)47-44(49-45)34-13-7-15-41-42(34)37-23-26(18-21-40(37)51-41)25-17-20-39-36(22-25)33-12-5-6-14-38(33)50-39/h1-24H. The molecule has 0 saturated carbocycles. The van der Waals surface area contributed by atoms with Gasteiger partial charge in [-0.05, 0) is 97.5 Å². The molecule has 5 nitrogen and oxygen atoms in total. The number of para-hydroxylation sites is 1. The van der Waals surface area contributed by atoms with Gasteiger partial charge in [-0.15, -0.1) is 0 Å². The first kappa shape index (κ1) is 28.3. The fourth-order valence-electron chi connectivity index (χ4n) is 7.74. The van der Waals surface area contributed by atoms with Crippen molar-refractivity contribution < 1.29 is 8.83 Å². The molecule has 3 heterocycles. The molecule has 8 aromatic carbocycles. The summed E-state index contributed by atoms with van der Waals surface area (Å²) < 4.78 is 12.5. The lowest BCUT2D eigenvalue weighted by Crippen LogP contribution is -1.98. The van der Waals surface area contributed by atoms with Gasteiger partial charge in [-0.1, -0.05) is 103 Å². The van der Waals surface area contributed by atoms with Gasteiger partial charge in [0.15, 0.2) is 11.6 Å². The van der Waals surface area contributed by atoms with Crippen LogP contribution in [-0.2, 0) is 0 Å². The van der Waals surface area contributed by atoms with Crippen LogP contribution in [0.25, 0.3) is 110 Å². The van der Waals surface area contributed by atoms with E-state index in [1.165, 1.54) is 26.9 Å². The van der Waals surface area contributed by atoms with Crippen molar-refractivity contribution >= 4 is 87.8 Å². The normalized spacial score (nSPS) is 12.0. The van der Waals surface area contributed by atoms with Gasteiger partial charge in [0.2, 0.25) is 5.28 Å². The summed E-state index contributed by atoms with van der Waals surface area (Å²) in [6.45, 7) is 0. The molecule has 238 valence electrons. The molecule has 3 aromatic heterocycles. The third kappa shape index (κ3) is 4.32. The minimum absolute atomic E-state index is 0.129. The van der Waals surface area contributed by atoms with Gasteiger partial charge in [-0.2, -0.15) is 9.97 Å². The van der Waals surface area contributed by atoms with Gasteiger partial charge in [0.25, 0.3) is 0 Å². The molecular formula is C45H24ClN3O2. The van der Waals surface area contributed by atoms with E-state index in [0.717, 1.165) is 71.5 Å². The van der Waals surface area contributed by atoms with Crippen molar-refractivity contribution in [2.45, 2.75) is 0 Å². The van der Waals surface area contributed by atoms with E-state index in [1.807, 2.05) is 48.5 Å². The molecule has 0 aliphatic carbocycles. The smallest absolute Gasteiger partial charge is 0.226 e. The van der Waals surface area contributed by atoms with Crippen molar-refractivity contribution in [2.24, 2.45) is 0 Å². The molecule has 0 fully saturated rings. The fraction of sp³-hybridized carbons (Fsp3) is 0. The Labute approximate surface area is 295 Å². The van der Waals surface area contributed by atoms with Crippen LogP contribution in [0.2, 0.25) is 5.28 Å². The maximum absolute atomic E-state index is 6.68. The van der Waals surface area contributed by atoms with Crippen molar-refractivity contribution in [2.75, 3.05) is 0 Å². The quantitative estimate of drug-likeness (QED) is 0.175. The SMILES string of the molecule is Clc1nc(-c2ccc3c4ccccc4c4ccccc4c3c2)nc(-c2cccc3oc4ccc(-c5ccc6oc7ccccc7c6c5)cc4c23)n1. The predicted octanol–water partition coefficient (Wildman–Crippen LogP) is 12.8. The van der Waals surface area contributed by atoms with E-state index in [-0.39, 0.29) is 5.28 Å². The zero-order valence-electron chi connectivity index (χ0n) is 26.9. The highest BCUT2D eigenvalue weighted by atomic mass is 35.5. The van der Waals surface area contributed by atoms with E-state index in [2.05, 4.69) is 107 Å². The average Bonchev–Trinajstić information content (AvgIpc) is 3.75. The molecule has 0 N–H and O–H groups in total. The first-order valence-electron chi connectivity index (χ1n) is 16.8. The monoisotopic (exact) mass is 673 g/mol. The van der Waals surface area contributed by atoms with Crippen LogP contribution in [0.15, 0.2) is 154 Å². The van der Waals surface area contributed by atoms with E-state index < -0.39 is 0 Å². The van der Waals surface area contributed by atoms with Gasteiger partial charge in [0.05, 0.1) is 0 Å². The minimum Gasteiger partial charge on any atom is -0.456 e. The highest BCUT2D eigenvalue weighted by Crippen LogP contribution is 2.40. The van der Waals surface area contributed by atoms with Gasteiger partial charge in [0.1, 0.15) is 22.3 Å². The van der Waals surface area contributed by atoms with Crippen LogP contribution in [0, 0.1) is 0 Å². The van der Waals surface area contributed by atoms with Crippen LogP contribution in [0.4, 0.5) is 0 Å². The minimum atomic E-state index is 0.129. The first-order chi connectivity index (χ1) is 25.2. The molecule has 11 aromatic rings. The summed E-state index contributed by atoms with van der Waals surface area (Å²) in [5, 5.41) is 11.4. The summed E-state index contributed by atoms with van der Waals surface area (Å²) in [5.41, 5.74) is 7.12. The Kier molecular flexibility index (Phi) is 5.95. The van der Waals surface area contributed by atoms with Crippen molar-refractivity contribution in [3.8, 4) is 33.9 Å². The van der Waals surface area contributed by atoms with E-state index in [9.17, 15) is 0 Å². The van der Waals surface area contributed by atoms with Crippen LogP contribution >= 0.6 is 11.6 Å². The van der Waals surface area contributed by atoms with Crippen molar-refractivity contribution in [1.29, 1.82) is 0 Å². The van der Waals surface area contributed by atoms with Gasteiger partial charge in [-0.25, -0.2) is 4.98 Å². The number of hydrogen-bond donors (Lipinski definition) is 0. The fourth-order valence-corrected chi connectivity index (χ4v) is 7.90. The molecule has 0 unspecified atom stereocenters. The average molecular weight is 674 g/mol. The number of rotatable bonds is 3. The molecular weight excluding hydrogens is 650 g/mol. The maximum Gasteiger partial charge on any atom is 0.226 e. The van der Waals surface area contributed by atoms with Gasteiger partial charge < -0.3 is 8.83 Å². The predicted molar refractivity (Wildman–Crippen MR) is 208 cm³/mol. The third-order valence-electron chi connectivity index (χ3n) is 10.1. The lowest BCUT2D eigenvalue weighted by Gasteiger charge is -2.12. The molecule has 6 heteroatoms. The van der Waals surface area contributed by atoms with Gasteiger partial charge >= 0.3 is 0 Å². The summed E-state index contributed by atoms with van der Waals surface area (Å²) in [7, 11) is 0. The van der Waals surface area contributed by atoms with Crippen LogP contribution in [0.1, 0.15) is 0 Å². The van der Waals surface area contributed by atoms with Gasteiger partial charge in [-0.3, -0.25) is 0 Å². The molecule has 0 atom stereocenters. The van der Waals surface area contributed by atoms with Crippen LogP contribution in [0.5, 0.6) is 0 Å². The Morgan fingerprint density at radius 1 is 0.353 bits per heavy atom. The molecule has 0 spiro atoms. The number of halogens is 1. The van der Waals surface area contributed by atoms with Crippen LogP contribution < -0.4 is 0 Å². The number of furan rings is 2. The molecule has 0 amide bonds. The van der Waals surface area contributed by atoms with Crippen molar-refractivity contribution in [3.63, 3.8) is 0 Å². The van der Waals surface area contributed by atoms with E-state index in [0.29, 0.717) is 11.6 Å². The summed E-state index contributed by atoms with van der Waals surface area (Å²) >= 11 is 6.68. The van der Waals surface area contributed by atoms with E-state index in [4.69, 9.17) is 25.4 Å². The molecule has 0 saturated heterocycles. The first-order valence-corrected chi connectivity index (χ1v) is 17.2. The summed E-state index contributed by atoms with van der Waals surface area (Å²) in [5.74, 6) is 0.994. The second kappa shape index (κ2) is 10.7. The second-order valence-corrected chi connectivity index (χ2v) is 13.2. The lowest BCUT2D eigenvalue weighted by molar-refractivity contribution is 0.668. The molecule has 11 rings (SSSR count). The van der Waals surface area contributed by atoms with Crippen molar-refractivity contribution in [1.82, 2.24) is 15.0 Å². The van der Waals surface area contributed by atoms with Crippen molar-refractivity contribution in [3.05, 3.63) is 151 Å². The zero-order chi connectivity index (χ0) is 33.6. The molecule has 0 aliphatic heterocycles. The van der Waals surface area contributed by atoms with Crippen LogP contribution in [-0.4, -0.2) is 15.0 Å². The van der Waals surface area contributed by atoms with E-state index >= 15 is 0 Å². The number of fused-ring (bicyclic) bond motifs is 12. The molecule has 0 aliphatic rings. The third-order valence-corrected chi connectivity index (χ3v) is 10.2. The van der Waals surface area contributed by atoms with Crippen LogP contribution in [0.3, 0.4) is 0 Å². The summed E-state index contributed by atoms with van der Waals surface area (Å²) in [4.78, 5) is 14.3. The Bertz CT molecular complexity index is 3200. The van der Waals surface area contributed by atoms with Gasteiger partial charge in [0, 0.05) is 32.7 Å². The molecule has 0 radical (unpaired) electrons. The Balaban J connectivity index is 1.08. The number of hydrogen-bond acceptors (Lipinski definition) is 5. The Morgan fingerprint density at radius 2 is 0.863 bits per heavy atom. The Morgan fingerprint density at radius 3 is 1.61 bits per heavy atom. The highest BCUT2D eigenvalue weighted by molar-refractivity contribution is 6.28. The number of aromatic nitrogens is 3. The second-order valence-electron chi connectivity index (χ2n) is 12.9. The summed E-state index contributed by atoms with van der Waals surface area (Å²) in [6.07, 6.45) is 0. The topological polar surface area (TPSA) is 65.0 Å². The zero-order valence-corrected chi connectivity index (χ0v) is 27.6. The molecule has 0 bridgehead atoms. The highest BCUT2D eigenvalue weighted by Gasteiger charge is 2.19. The van der Waals surface area contributed by atoms with E-state index in [1.54, 1.807) is 0 Å². The molecule has 51 heavy (non-hydrogen) atoms. The number of benzene rings is 8. The largest absolute Gasteiger partial charge is 0.456 e.